The summed E-state index contributed by atoms with van der Waals surface area (Å²) in [7, 11) is 1.24. The highest BCUT2D eigenvalue weighted by atomic mass is 19.4. The second kappa shape index (κ2) is 10.4. The van der Waals surface area contributed by atoms with Crippen LogP contribution in [0.5, 0.6) is 0 Å². The Labute approximate surface area is 208 Å². The number of carbonyl (C=O) groups excluding carboxylic acids is 2. The first-order valence-corrected chi connectivity index (χ1v) is 10.7. The van der Waals surface area contributed by atoms with Crippen molar-refractivity contribution in [2.45, 2.75) is 13.1 Å². The Morgan fingerprint density at radius 2 is 1.59 bits per heavy atom. The number of hydrogen-bond donors (Lipinski definition) is 2. The lowest BCUT2D eigenvalue weighted by Gasteiger charge is -2.12. The van der Waals surface area contributed by atoms with E-state index in [0.717, 1.165) is 11.8 Å². The molecule has 0 aliphatic carbocycles. The fraction of sp³-hybridized carbons (Fsp3) is 0.120. The largest absolute Gasteiger partial charge is 0.453 e. The normalized spacial score (nSPS) is 11.1. The molecule has 0 aliphatic rings. The molecule has 2 N–H and O–H groups in total. The van der Waals surface area contributed by atoms with Gasteiger partial charge in [0.1, 0.15) is 11.5 Å². The van der Waals surface area contributed by atoms with Gasteiger partial charge in [-0.25, -0.2) is 9.78 Å². The first-order valence-electron chi connectivity index (χ1n) is 10.7. The van der Waals surface area contributed by atoms with Gasteiger partial charge in [-0.15, -0.1) is 0 Å². The zero-order valence-corrected chi connectivity index (χ0v) is 19.5. The number of rotatable bonds is 5. The monoisotopic (exact) mass is 508 g/mol. The van der Waals surface area contributed by atoms with E-state index >= 15 is 0 Å². The smallest absolute Gasteiger partial charge is 0.433 e. The molecule has 4 aromatic rings. The maximum Gasteiger partial charge on any atom is 0.433 e. The summed E-state index contributed by atoms with van der Waals surface area (Å²) >= 11 is 0. The highest BCUT2D eigenvalue weighted by molar-refractivity contribution is 6.04. The molecular weight excluding hydrogens is 489 g/mol. The highest BCUT2D eigenvalue weighted by Gasteiger charge is 2.33. The molecule has 0 fully saturated rings. The lowest BCUT2D eigenvalue weighted by molar-refractivity contribution is -0.141. The van der Waals surface area contributed by atoms with E-state index in [9.17, 15) is 22.8 Å². The molecule has 0 atom stereocenters. The van der Waals surface area contributed by atoms with Crippen molar-refractivity contribution in [3.05, 3.63) is 84.2 Å². The van der Waals surface area contributed by atoms with E-state index < -0.39 is 23.9 Å². The average molecular weight is 508 g/mol. The van der Waals surface area contributed by atoms with Gasteiger partial charge >= 0.3 is 12.3 Å². The van der Waals surface area contributed by atoms with E-state index in [1.165, 1.54) is 25.6 Å². The van der Waals surface area contributed by atoms with Gasteiger partial charge in [-0.2, -0.15) is 13.2 Å². The average Bonchev–Trinajstić information content (AvgIpc) is 2.89. The molecule has 2 amide bonds. The van der Waals surface area contributed by atoms with Crippen molar-refractivity contribution < 1.29 is 27.5 Å². The predicted octanol–water partition coefficient (Wildman–Crippen LogP) is 5.36. The lowest BCUT2D eigenvalue weighted by atomic mass is 10.0. The molecule has 0 saturated heterocycles. The van der Waals surface area contributed by atoms with Crippen LogP contribution in [0.2, 0.25) is 0 Å². The maximum atomic E-state index is 13.0. The number of hydrogen-bond acceptors (Lipinski definition) is 7. The number of methoxy groups -OCH3 is 1. The van der Waals surface area contributed by atoms with Crippen LogP contribution in [0.1, 0.15) is 21.7 Å². The third-order valence-electron chi connectivity index (χ3n) is 5.20. The van der Waals surface area contributed by atoms with Crippen molar-refractivity contribution in [3.63, 3.8) is 0 Å². The number of halogens is 3. The molecule has 9 nitrogen and oxygen atoms in total. The fourth-order valence-electron chi connectivity index (χ4n) is 3.39. The Morgan fingerprint density at radius 1 is 0.865 bits per heavy atom. The van der Waals surface area contributed by atoms with Crippen molar-refractivity contribution in [1.82, 2.24) is 19.9 Å². The number of ether oxygens (including phenoxy) is 1. The van der Waals surface area contributed by atoms with Gasteiger partial charge in [0.15, 0.2) is 0 Å². The van der Waals surface area contributed by atoms with E-state index in [2.05, 4.69) is 35.3 Å². The van der Waals surface area contributed by atoms with Gasteiger partial charge in [-0.05, 0) is 55.0 Å². The number of nitrogens with one attached hydrogen (secondary N) is 2. The molecule has 4 heterocycles. The summed E-state index contributed by atoms with van der Waals surface area (Å²) in [5.41, 5.74) is 2.26. The summed E-state index contributed by atoms with van der Waals surface area (Å²) in [4.78, 5) is 40.1. The van der Waals surface area contributed by atoms with Crippen LogP contribution >= 0.6 is 0 Å². The van der Waals surface area contributed by atoms with E-state index in [1.807, 2.05) is 0 Å². The van der Waals surface area contributed by atoms with Gasteiger partial charge in [0.05, 0.1) is 24.7 Å². The van der Waals surface area contributed by atoms with Crippen molar-refractivity contribution in [1.29, 1.82) is 0 Å². The van der Waals surface area contributed by atoms with Crippen molar-refractivity contribution in [3.8, 4) is 22.4 Å². The standard InChI is InChI=1S/C25H19F3N6O3/c1-14-19(12-18(13-32-14)33-23(35)17-5-7-30-21(10-17)25(26,27)28)15-3-6-29-20(9-15)16-4-8-31-22(11-16)34-24(36)37-2/h3-13H,1-2H3,(H,33,35)(H,31,34,36). The van der Waals surface area contributed by atoms with Crippen molar-refractivity contribution in [2.24, 2.45) is 0 Å². The predicted molar refractivity (Wildman–Crippen MR) is 129 cm³/mol. The Morgan fingerprint density at radius 3 is 2.35 bits per heavy atom. The highest BCUT2D eigenvalue weighted by Crippen LogP contribution is 2.30. The number of alkyl halides is 3. The summed E-state index contributed by atoms with van der Waals surface area (Å²) in [6.07, 6.45) is 0.130. The molecule has 0 radical (unpaired) electrons. The van der Waals surface area contributed by atoms with Crippen LogP contribution < -0.4 is 10.6 Å². The van der Waals surface area contributed by atoms with Gasteiger partial charge in [0, 0.05) is 41.0 Å². The molecule has 188 valence electrons. The summed E-state index contributed by atoms with van der Waals surface area (Å²) < 4.78 is 43.4. The molecule has 0 aromatic carbocycles. The minimum absolute atomic E-state index is 0.190. The third-order valence-corrected chi connectivity index (χ3v) is 5.20. The summed E-state index contributed by atoms with van der Waals surface area (Å²) in [6, 6.07) is 10.5. The fourth-order valence-corrected chi connectivity index (χ4v) is 3.39. The third kappa shape index (κ3) is 6.04. The van der Waals surface area contributed by atoms with Crippen LogP contribution in [-0.2, 0) is 10.9 Å². The number of aromatic nitrogens is 4. The van der Waals surface area contributed by atoms with Gasteiger partial charge in [0.25, 0.3) is 5.91 Å². The van der Waals surface area contributed by atoms with Crippen LogP contribution in [0, 0.1) is 6.92 Å². The van der Waals surface area contributed by atoms with Gasteiger partial charge < -0.3 is 10.1 Å². The van der Waals surface area contributed by atoms with Gasteiger partial charge in [-0.3, -0.25) is 25.1 Å². The molecule has 4 rings (SSSR count). The van der Waals surface area contributed by atoms with Gasteiger partial charge in [-0.1, -0.05) is 0 Å². The molecule has 4 aromatic heterocycles. The number of anilines is 2. The minimum Gasteiger partial charge on any atom is -0.453 e. The number of amides is 2. The minimum atomic E-state index is -4.67. The van der Waals surface area contributed by atoms with Crippen LogP contribution in [0.25, 0.3) is 22.4 Å². The molecule has 0 saturated carbocycles. The van der Waals surface area contributed by atoms with Crippen LogP contribution in [0.4, 0.5) is 29.5 Å². The van der Waals surface area contributed by atoms with E-state index in [4.69, 9.17) is 0 Å². The van der Waals surface area contributed by atoms with E-state index in [-0.39, 0.29) is 11.4 Å². The summed E-state index contributed by atoms with van der Waals surface area (Å²) in [5, 5.41) is 5.07. The van der Waals surface area contributed by atoms with E-state index in [0.29, 0.717) is 34.3 Å². The molecule has 37 heavy (non-hydrogen) atoms. The van der Waals surface area contributed by atoms with Gasteiger partial charge in [0.2, 0.25) is 0 Å². The number of aryl methyl sites for hydroxylation is 1. The SMILES string of the molecule is COC(=O)Nc1cc(-c2cc(-c3cc(NC(=O)c4ccnc(C(F)(F)F)c4)cnc3C)ccn2)ccn1. The molecule has 0 spiro atoms. The van der Waals surface area contributed by atoms with Crippen molar-refractivity contribution in [2.75, 3.05) is 17.7 Å². The second-order valence-corrected chi connectivity index (χ2v) is 7.71. The Bertz CT molecular complexity index is 1480. The van der Waals surface area contributed by atoms with Crippen LogP contribution in [0.15, 0.2) is 67.3 Å². The molecule has 0 unspecified atom stereocenters. The maximum absolute atomic E-state index is 13.0. The number of nitrogens with zero attached hydrogens (tertiary/aromatic N) is 4. The lowest BCUT2D eigenvalue weighted by Crippen LogP contribution is -2.15. The first-order chi connectivity index (χ1) is 17.6. The molecular formula is C25H19F3N6O3. The van der Waals surface area contributed by atoms with Crippen molar-refractivity contribution >= 4 is 23.5 Å². The Balaban J connectivity index is 1.60. The zero-order chi connectivity index (χ0) is 26.6. The zero-order valence-electron chi connectivity index (χ0n) is 19.5. The van der Waals surface area contributed by atoms with Crippen LogP contribution in [-0.4, -0.2) is 39.0 Å². The topological polar surface area (TPSA) is 119 Å². The quantitative estimate of drug-likeness (QED) is 0.373. The second-order valence-electron chi connectivity index (χ2n) is 7.71. The van der Waals surface area contributed by atoms with Crippen LogP contribution in [0.3, 0.4) is 0 Å². The molecule has 0 bridgehead atoms. The number of carbonyl (C=O) groups is 2. The Kier molecular flexibility index (Phi) is 7.09. The summed E-state index contributed by atoms with van der Waals surface area (Å²) in [5.74, 6) is -0.453. The Hall–Kier alpha value is -4.87. The summed E-state index contributed by atoms with van der Waals surface area (Å²) in [6.45, 7) is 1.78. The molecule has 0 aliphatic heterocycles. The first kappa shape index (κ1) is 25.2. The number of pyridine rings is 4. The molecule has 12 heteroatoms. The van der Waals surface area contributed by atoms with E-state index in [1.54, 1.807) is 43.5 Å².